The fourth-order valence-corrected chi connectivity index (χ4v) is 5.33. The molecular formula is C24H19NO6S. The third-order valence-corrected chi connectivity index (χ3v) is 7.16. The standard InChI is InChI=1S/C24H19NO6S/c1-31-22(26)14-19(15-7-3-2-4-8-15)25-24(28)16-11-12-18-21(13-16)32(29,30)20-10-6-5-9-17(20)23(18)27/h2-13,19H,14H2,1H3,(H,25,28). The Balaban J connectivity index is 1.69. The average molecular weight is 449 g/mol. The Kier molecular flexibility index (Phi) is 5.63. The summed E-state index contributed by atoms with van der Waals surface area (Å²) in [4.78, 5) is 37.3. The van der Waals surface area contributed by atoms with Crippen LogP contribution in [0.4, 0.5) is 0 Å². The van der Waals surface area contributed by atoms with E-state index in [-0.39, 0.29) is 32.9 Å². The SMILES string of the molecule is COC(=O)CC(NC(=O)c1ccc2c(c1)S(=O)(=O)c1ccccc1C2=O)c1ccccc1. The largest absolute Gasteiger partial charge is 0.469 e. The van der Waals surface area contributed by atoms with Gasteiger partial charge in [0.2, 0.25) is 9.84 Å². The second-order valence-electron chi connectivity index (χ2n) is 7.26. The Morgan fingerprint density at radius 3 is 2.28 bits per heavy atom. The van der Waals surface area contributed by atoms with E-state index in [0.717, 1.165) is 0 Å². The van der Waals surface area contributed by atoms with E-state index in [1.807, 2.05) is 6.07 Å². The molecule has 4 rings (SSSR count). The lowest BCUT2D eigenvalue weighted by Gasteiger charge is -2.21. The Morgan fingerprint density at radius 1 is 0.906 bits per heavy atom. The lowest BCUT2D eigenvalue weighted by molar-refractivity contribution is -0.141. The van der Waals surface area contributed by atoms with E-state index in [1.165, 1.54) is 37.4 Å². The van der Waals surface area contributed by atoms with Crippen LogP contribution in [0.15, 0.2) is 82.6 Å². The van der Waals surface area contributed by atoms with Gasteiger partial charge in [-0.3, -0.25) is 14.4 Å². The van der Waals surface area contributed by atoms with Gasteiger partial charge in [-0.25, -0.2) is 8.42 Å². The minimum atomic E-state index is -3.97. The first kappa shape index (κ1) is 21.5. The summed E-state index contributed by atoms with van der Waals surface area (Å²) in [5.74, 6) is -1.49. The van der Waals surface area contributed by atoms with Crippen LogP contribution in [0.5, 0.6) is 0 Å². The van der Waals surface area contributed by atoms with Crippen LogP contribution in [0.3, 0.4) is 0 Å². The molecule has 3 aromatic rings. The van der Waals surface area contributed by atoms with Crippen molar-refractivity contribution in [2.45, 2.75) is 22.3 Å². The minimum Gasteiger partial charge on any atom is -0.469 e. The summed E-state index contributed by atoms with van der Waals surface area (Å²) in [5.41, 5.74) is 0.889. The van der Waals surface area contributed by atoms with Crippen molar-refractivity contribution in [1.29, 1.82) is 0 Å². The van der Waals surface area contributed by atoms with Crippen molar-refractivity contribution in [2.24, 2.45) is 0 Å². The third kappa shape index (κ3) is 3.80. The molecule has 0 radical (unpaired) electrons. The fraction of sp³-hybridized carbons (Fsp3) is 0.125. The smallest absolute Gasteiger partial charge is 0.307 e. The second kappa shape index (κ2) is 8.39. The number of ketones is 1. The van der Waals surface area contributed by atoms with Gasteiger partial charge in [-0.05, 0) is 35.9 Å². The van der Waals surface area contributed by atoms with Gasteiger partial charge >= 0.3 is 5.97 Å². The number of carbonyl (C=O) groups excluding carboxylic acids is 3. The van der Waals surface area contributed by atoms with Gasteiger partial charge in [-0.15, -0.1) is 0 Å². The first-order valence-corrected chi connectivity index (χ1v) is 11.3. The number of benzene rings is 3. The van der Waals surface area contributed by atoms with E-state index in [0.29, 0.717) is 5.56 Å². The topological polar surface area (TPSA) is 107 Å². The summed E-state index contributed by atoms with van der Waals surface area (Å²) < 4.78 is 30.9. The Hall–Kier alpha value is -3.78. The molecule has 0 fully saturated rings. The molecule has 0 bridgehead atoms. The quantitative estimate of drug-likeness (QED) is 0.469. The fourth-order valence-electron chi connectivity index (χ4n) is 3.65. The van der Waals surface area contributed by atoms with E-state index in [1.54, 1.807) is 36.4 Å². The van der Waals surface area contributed by atoms with E-state index >= 15 is 0 Å². The molecule has 1 aliphatic rings. The first-order chi connectivity index (χ1) is 15.3. The molecule has 0 aliphatic carbocycles. The monoisotopic (exact) mass is 449 g/mol. The molecular weight excluding hydrogens is 430 g/mol. The molecule has 1 atom stereocenters. The van der Waals surface area contributed by atoms with Crippen LogP contribution in [-0.2, 0) is 19.4 Å². The molecule has 1 heterocycles. The number of esters is 1. The zero-order valence-electron chi connectivity index (χ0n) is 17.1. The summed E-state index contributed by atoms with van der Waals surface area (Å²) in [6.45, 7) is 0. The highest BCUT2D eigenvalue weighted by Gasteiger charge is 2.35. The molecule has 0 saturated heterocycles. The van der Waals surface area contributed by atoms with Crippen molar-refractivity contribution in [3.05, 3.63) is 95.1 Å². The predicted octanol–water partition coefficient (Wildman–Crippen LogP) is 3.10. The maximum atomic E-state index is 13.1. The molecule has 32 heavy (non-hydrogen) atoms. The number of fused-ring (bicyclic) bond motifs is 2. The number of nitrogens with one attached hydrogen (secondary N) is 1. The average Bonchev–Trinajstić information content (AvgIpc) is 2.82. The van der Waals surface area contributed by atoms with Gasteiger partial charge in [0.1, 0.15) is 0 Å². The molecule has 7 nitrogen and oxygen atoms in total. The van der Waals surface area contributed by atoms with Crippen molar-refractivity contribution in [3.63, 3.8) is 0 Å². The Morgan fingerprint density at radius 2 is 1.56 bits per heavy atom. The molecule has 8 heteroatoms. The maximum Gasteiger partial charge on any atom is 0.307 e. The van der Waals surface area contributed by atoms with Gasteiger partial charge in [-0.1, -0.05) is 42.5 Å². The lowest BCUT2D eigenvalue weighted by Crippen LogP contribution is -2.31. The second-order valence-corrected chi connectivity index (χ2v) is 9.14. The Labute approximate surface area is 185 Å². The van der Waals surface area contributed by atoms with Crippen molar-refractivity contribution in [3.8, 4) is 0 Å². The van der Waals surface area contributed by atoms with Crippen molar-refractivity contribution >= 4 is 27.5 Å². The Bertz CT molecular complexity index is 1330. The summed E-state index contributed by atoms with van der Waals surface area (Å²) in [6, 6.07) is 18.2. The van der Waals surface area contributed by atoms with Crippen LogP contribution in [0.1, 0.15) is 44.3 Å². The summed E-state index contributed by atoms with van der Waals surface area (Å²) in [6.07, 6.45) is -0.0959. The number of amides is 1. The lowest BCUT2D eigenvalue weighted by atomic mass is 10.00. The van der Waals surface area contributed by atoms with Crippen LogP contribution in [0.2, 0.25) is 0 Å². The summed E-state index contributed by atoms with van der Waals surface area (Å²) in [7, 11) is -2.71. The van der Waals surface area contributed by atoms with Crippen molar-refractivity contribution in [2.75, 3.05) is 7.11 Å². The summed E-state index contributed by atoms with van der Waals surface area (Å²) >= 11 is 0. The summed E-state index contributed by atoms with van der Waals surface area (Å²) in [5, 5.41) is 2.76. The molecule has 0 aromatic heterocycles. The zero-order valence-corrected chi connectivity index (χ0v) is 17.9. The van der Waals surface area contributed by atoms with Gasteiger partial charge in [0.15, 0.2) is 5.78 Å². The minimum absolute atomic E-state index is 0.0226. The van der Waals surface area contributed by atoms with Gasteiger partial charge in [-0.2, -0.15) is 0 Å². The molecule has 1 amide bonds. The van der Waals surface area contributed by atoms with Crippen molar-refractivity contribution in [1.82, 2.24) is 5.32 Å². The highest BCUT2D eigenvalue weighted by Crippen LogP contribution is 2.34. The van der Waals surface area contributed by atoms with Crippen molar-refractivity contribution < 1.29 is 27.5 Å². The molecule has 1 unspecified atom stereocenters. The van der Waals surface area contributed by atoms with Crippen LogP contribution in [0, 0.1) is 0 Å². The van der Waals surface area contributed by atoms with Crippen LogP contribution in [0.25, 0.3) is 0 Å². The molecule has 1 aliphatic heterocycles. The van der Waals surface area contributed by atoms with E-state index < -0.39 is 33.5 Å². The molecule has 1 N–H and O–H groups in total. The van der Waals surface area contributed by atoms with Gasteiger partial charge in [0, 0.05) is 16.7 Å². The maximum absolute atomic E-state index is 13.1. The highest BCUT2D eigenvalue weighted by molar-refractivity contribution is 7.91. The number of ether oxygens (including phenoxy) is 1. The number of hydrogen-bond donors (Lipinski definition) is 1. The van der Waals surface area contributed by atoms with Crippen LogP contribution < -0.4 is 5.32 Å². The highest BCUT2D eigenvalue weighted by atomic mass is 32.2. The number of sulfone groups is 1. The molecule has 162 valence electrons. The molecule has 3 aromatic carbocycles. The van der Waals surface area contributed by atoms with E-state index in [4.69, 9.17) is 4.74 Å². The zero-order chi connectivity index (χ0) is 22.9. The number of methoxy groups -OCH3 is 1. The first-order valence-electron chi connectivity index (χ1n) is 9.78. The van der Waals surface area contributed by atoms with Gasteiger partial charge < -0.3 is 10.1 Å². The number of carbonyl (C=O) groups is 3. The van der Waals surface area contributed by atoms with E-state index in [2.05, 4.69) is 5.32 Å². The van der Waals surface area contributed by atoms with Gasteiger partial charge in [0.05, 0.1) is 29.4 Å². The van der Waals surface area contributed by atoms with Crippen LogP contribution in [-0.4, -0.2) is 33.2 Å². The number of rotatable bonds is 5. The normalized spacial score (nSPS) is 14.6. The number of hydrogen-bond acceptors (Lipinski definition) is 6. The molecule has 0 spiro atoms. The van der Waals surface area contributed by atoms with Crippen LogP contribution >= 0.6 is 0 Å². The predicted molar refractivity (Wildman–Crippen MR) is 115 cm³/mol. The van der Waals surface area contributed by atoms with E-state index in [9.17, 15) is 22.8 Å². The van der Waals surface area contributed by atoms with Gasteiger partial charge in [0.25, 0.3) is 5.91 Å². The molecule has 0 saturated carbocycles. The third-order valence-electron chi connectivity index (χ3n) is 5.30.